The molecule has 3 aromatic rings. The maximum absolute atomic E-state index is 12.3. The Labute approximate surface area is 157 Å². The second kappa shape index (κ2) is 8.62. The van der Waals surface area contributed by atoms with Crippen molar-refractivity contribution < 1.29 is 14.3 Å². The maximum atomic E-state index is 12.3. The van der Waals surface area contributed by atoms with Gasteiger partial charge in [0.1, 0.15) is 5.75 Å². The van der Waals surface area contributed by atoms with Gasteiger partial charge in [-0.15, -0.1) is 0 Å². The number of rotatable bonds is 6. The molecular formula is C21H19N3O3. The van der Waals surface area contributed by atoms with Crippen LogP contribution in [0.25, 0.3) is 0 Å². The summed E-state index contributed by atoms with van der Waals surface area (Å²) >= 11 is 0. The highest BCUT2D eigenvalue weighted by Gasteiger charge is 2.15. The highest BCUT2D eigenvalue weighted by molar-refractivity contribution is 6.04. The van der Waals surface area contributed by atoms with E-state index in [2.05, 4.69) is 15.6 Å². The first kappa shape index (κ1) is 18.1. The van der Waals surface area contributed by atoms with Gasteiger partial charge in [-0.1, -0.05) is 24.3 Å². The van der Waals surface area contributed by atoms with Crippen LogP contribution in [-0.4, -0.2) is 22.9 Å². The van der Waals surface area contributed by atoms with Crippen molar-refractivity contribution in [2.45, 2.75) is 13.0 Å². The van der Waals surface area contributed by atoms with Crippen molar-refractivity contribution in [3.05, 3.63) is 84.7 Å². The molecule has 2 aromatic carbocycles. The van der Waals surface area contributed by atoms with E-state index in [1.54, 1.807) is 67.8 Å². The van der Waals surface area contributed by atoms with E-state index in [1.165, 1.54) is 0 Å². The molecule has 0 spiro atoms. The van der Waals surface area contributed by atoms with Crippen LogP contribution in [0.1, 0.15) is 17.3 Å². The van der Waals surface area contributed by atoms with E-state index in [-0.39, 0.29) is 11.8 Å². The van der Waals surface area contributed by atoms with Crippen LogP contribution in [0.2, 0.25) is 0 Å². The van der Waals surface area contributed by atoms with Crippen LogP contribution in [0.3, 0.4) is 0 Å². The zero-order chi connectivity index (χ0) is 19.1. The molecule has 1 aromatic heterocycles. The molecule has 0 aliphatic carbocycles. The fourth-order valence-electron chi connectivity index (χ4n) is 2.38. The average molecular weight is 361 g/mol. The predicted molar refractivity (Wildman–Crippen MR) is 104 cm³/mol. The molecule has 136 valence electrons. The fourth-order valence-corrected chi connectivity index (χ4v) is 2.38. The van der Waals surface area contributed by atoms with Crippen LogP contribution in [0, 0.1) is 0 Å². The van der Waals surface area contributed by atoms with Crippen LogP contribution in [0.15, 0.2) is 79.1 Å². The smallest absolute Gasteiger partial charge is 0.265 e. The van der Waals surface area contributed by atoms with Crippen LogP contribution in [0.4, 0.5) is 11.4 Å². The molecule has 1 heterocycles. The summed E-state index contributed by atoms with van der Waals surface area (Å²) in [5.41, 5.74) is 1.65. The van der Waals surface area contributed by atoms with Gasteiger partial charge in [0.05, 0.1) is 0 Å². The number of nitrogens with one attached hydrogen (secondary N) is 2. The third-order valence-corrected chi connectivity index (χ3v) is 3.76. The van der Waals surface area contributed by atoms with Crippen molar-refractivity contribution in [1.82, 2.24) is 4.98 Å². The second-order valence-electron chi connectivity index (χ2n) is 5.83. The summed E-state index contributed by atoms with van der Waals surface area (Å²) in [5, 5.41) is 5.58. The largest absolute Gasteiger partial charge is 0.481 e. The number of hydrogen-bond acceptors (Lipinski definition) is 4. The zero-order valence-corrected chi connectivity index (χ0v) is 14.8. The van der Waals surface area contributed by atoms with Crippen molar-refractivity contribution in [1.29, 1.82) is 0 Å². The lowest BCUT2D eigenvalue weighted by molar-refractivity contribution is -0.122. The molecular weight excluding hydrogens is 342 g/mol. The number of ether oxygens (including phenoxy) is 1. The number of benzene rings is 2. The molecule has 0 fully saturated rings. The molecule has 27 heavy (non-hydrogen) atoms. The van der Waals surface area contributed by atoms with Crippen molar-refractivity contribution in [3.8, 4) is 5.75 Å². The Morgan fingerprint density at radius 1 is 0.889 bits per heavy atom. The Morgan fingerprint density at radius 3 is 2.26 bits per heavy atom. The second-order valence-corrected chi connectivity index (χ2v) is 5.83. The Kier molecular flexibility index (Phi) is 5.79. The molecule has 3 rings (SSSR count). The summed E-state index contributed by atoms with van der Waals surface area (Å²) in [4.78, 5) is 28.4. The highest BCUT2D eigenvalue weighted by atomic mass is 16.5. The summed E-state index contributed by atoms with van der Waals surface area (Å²) in [5.74, 6) is 0.0941. The van der Waals surface area contributed by atoms with Crippen molar-refractivity contribution in [2.24, 2.45) is 0 Å². The monoisotopic (exact) mass is 361 g/mol. The summed E-state index contributed by atoms with van der Waals surface area (Å²) in [7, 11) is 0. The van der Waals surface area contributed by atoms with Crippen molar-refractivity contribution in [3.63, 3.8) is 0 Å². The van der Waals surface area contributed by atoms with Crippen LogP contribution in [0.5, 0.6) is 5.75 Å². The Bertz CT molecular complexity index is 914. The maximum Gasteiger partial charge on any atom is 0.265 e. The molecule has 0 aliphatic rings. The molecule has 0 saturated carbocycles. The number of anilines is 2. The van der Waals surface area contributed by atoms with Gasteiger partial charge in [0.25, 0.3) is 11.8 Å². The minimum Gasteiger partial charge on any atom is -0.481 e. The topological polar surface area (TPSA) is 80.3 Å². The summed E-state index contributed by atoms with van der Waals surface area (Å²) in [6.45, 7) is 1.68. The molecule has 0 aliphatic heterocycles. The average Bonchev–Trinajstić information content (AvgIpc) is 2.69. The first-order chi connectivity index (χ1) is 13.1. The number of aromatic nitrogens is 1. The molecule has 1 atom stereocenters. The lowest BCUT2D eigenvalue weighted by Gasteiger charge is -2.15. The van der Waals surface area contributed by atoms with Crippen LogP contribution < -0.4 is 15.4 Å². The first-order valence-corrected chi connectivity index (χ1v) is 8.46. The van der Waals surface area contributed by atoms with Crippen LogP contribution >= 0.6 is 0 Å². The molecule has 0 saturated heterocycles. The summed E-state index contributed by atoms with van der Waals surface area (Å²) in [6.07, 6.45) is 2.45. The minimum absolute atomic E-state index is 0.248. The number of para-hydroxylation sites is 1. The predicted octanol–water partition coefficient (Wildman–Crippen LogP) is 3.74. The number of nitrogens with zero attached hydrogens (tertiary/aromatic N) is 1. The molecule has 2 N–H and O–H groups in total. The van der Waals surface area contributed by atoms with E-state index in [9.17, 15) is 9.59 Å². The standard InChI is InChI=1S/C21H19N3O3/c1-15(27-19-8-3-2-4-9-19)20(25)23-17-6-5-7-18(14-17)24-21(26)16-10-12-22-13-11-16/h2-15H,1H3,(H,23,25)(H,24,26). The zero-order valence-electron chi connectivity index (χ0n) is 14.8. The molecule has 2 amide bonds. The third-order valence-electron chi connectivity index (χ3n) is 3.76. The molecule has 6 heteroatoms. The Morgan fingerprint density at radius 2 is 1.56 bits per heavy atom. The fraction of sp³-hybridized carbons (Fsp3) is 0.0952. The van der Waals surface area contributed by atoms with E-state index in [0.717, 1.165) is 0 Å². The minimum atomic E-state index is -0.664. The quantitative estimate of drug-likeness (QED) is 0.701. The lowest BCUT2D eigenvalue weighted by atomic mass is 10.2. The summed E-state index contributed by atoms with van der Waals surface area (Å²) < 4.78 is 5.61. The molecule has 1 unspecified atom stereocenters. The summed E-state index contributed by atoms with van der Waals surface area (Å²) in [6, 6.07) is 19.3. The van der Waals surface area contributed by atoms with E-state index in [4.69, 9.17) is 4.74 Å². The van der Waals surface area contributed by atoms with Gasteiger partial charge in [0.15, 0.2) is 6.10 Å². The SMILES string of the molecule is CC(Oc1ccccc1)C(=O)Nc1cccc(NC(=O)c2ccncc2)c1. The van der Waals surface area contributed by atoms with Crippen LogP contribution in [-0.2, 0) is 4.79 Å². The Balaban J connectivity index is 1.61. The third kappa shape index (κ3) is 5.15. The van der Waals surface area contributed by atoms with Gasteiger partial charge in [-0.3, -0.25) is 14.6 Å². The molecule has 0 bridgehead atoms. The van der Waals surface area contributed by atoms with Gasteiger partial charge in [-0.05, 0) is 49.4 Å². The molecule has 0 radical (unpaired) electrons. The number of hydrogen-bond donors (Lipinski definition) is 2. The van der Waals surface area contributed by atoms with E-state index in [1.807, 2.05) is 18.2 Å². The van der Waals surface area contributed by atoms with Crippen molar-refractivity contribution >= 4 is 23.2 Å². The normalized spacial score (nSPS) is 11.3. The van der Waals surface area contributed by atoms with Gasteiger partial charge >= 0.3 is 0 Å². The highest BCUT2D eigenvalue weighted by Crippen LogP contribution is 2.17. The van der Waals surface area contributed by atoms with Crippen molar-refractivity contribution in [2.75, 3.05) is 10.6 Å². The van der Waals surface area contributed by atoms with Gasteiger partial charge in [0.2, 0.25) is 0 Å². The van der Waals surface area contributed by atoms with Gasteiger partial charge in [-0.2, -0.15) is 0 Å². The van der Waals surface area contributed by atoms with Gasteiger partial charge < -0.3 is 15.4 Å². The number of amides is 2. The van der Waals surface area contributed by atoms with E-state index >= 15 is 0 Å². The Hall–Kier alpha value is -3.67. The number of carbonyl (C=O) groups excluding carboxylic acids is 2. The number of pyridine rings is 1. The van der Waals surface area contributed by atoms with E-state index in [0.29, 0.717) is 22.7 Å². The first-order valence-electron chi connectivity index (χ1n) is 8.46. The van der Waals surface area contributed by atoms with E-state index < -0.39 is 6.10 Å². The number of carbonyl (C=O) groups is 2. The lowest BCUT2D eigenvalue weighted by Crippen LogP contribution is -2.30. The molecule has 6 nitrogen and oxygen atoms in total. The van der Waals surface area contributed by atoms with Gasteiger partial charge in [-0.25, -0.2) is 0 Å². The van der Waals surface area contributed by atoms with Gasteiger partial charge in [0, 0.05) is 29.3 Å².